The fourth-order valence-electron chi connectivity index (χ4n) is 8.08. The molecule has 8 rings (SSSR count). The normalized spacial score (nSPS) is 17.7. The number of aromatic nitrogens is 5. The summed E-state index contributed by atoms with van der Waals surface area (Å²) in [5, 5.41) is 5.45. The number of nitrogens with one attached hydrogen (secondary N) is 2. The number of nitrogens with zero attached hydrogens (tertiary/aromatic N) is 9. The molecule has 0 radical (unpaired) electrons. The van der Waals surface area contributed by atoms with Crippen LogP contribution in [0.2, 0.25) is 0 Å². The number of carbonyl (C=O) groups excluding carboxylic acids is 2. The predicted octanol–water partition coefficient (Wildman–Crippen LogP) is 6.03. The maximum Gasteiger partial charge on any atom is 0.328 e. The molecule has 0 saturated carbocycles. The van der Waals surface area contributed by atoms with Crippen LogP contribution in [0.3, 0.4) is 0 Å². The van der Waals surface area contributed by atoms with E-state index in [0.717, 1.165) is 81.8 Å². The van der Waals surface area contributed by atoms with Crippen LogP contribution in [-0.2, 0) is 11.3 Å². The first-order valence-electron chi connectivity index (χ1n) is 19.0. The number of amides is 3. The van der Waals surface area contributed by atoms with Crippen LogP contribution < -0.4 is 20.4 Å². The lowest BCUT2D eigenvalue weighted by atomic mass is 10.0. The van der Waals surface area contributed by atoms with Gasteiger partial charge in [-0.25, -0.2) is 33.5 Å². The van der Waals surface area contributed by atoms with Gasteiger partial charge in [-0.15, -0.1) is 0 Å². The average molecular weight is 750 g/mol. The van der Waals surface area contributed by atoms with E-state index in [0.29, 0.717) is 41.7 Å². The van der Waals surface area contributed by atoms with Crippen LogP contribution in [0.5, 0.6) is 0 Å². The van der Waals surface area contributed by atoms with Gasteiger partial charge >= 0.3 is 6.03 Å². The van der Waals surface area contributed by atoms with Gasteiger partial charge in [0, 0.05) is 94.0 Å². The van der Waals surface area contributed by atoms with Crippen molar-refractivity contribution in [3.8, 4) is 11.3 Å². The molecule has 2 N–H and O–H groups in total. The third-order valence-electron chi connectivity index (χ3n) is 10.9. The highest BCUT2D eigenvalue weighted by atomic mass is 19.1. The van der Waals surface area contributed by atoms with Crippen molar-refractivity contribution in [3.63, 3.8) is 0 Å². The minimum absolute atomic E-state index is 0.00869. The lowest BCUT2D eigenvalue weighted by Crippen LogP contribution is -2.53. The number of urea groups is 1. The number of carbonyl (C=O) groups is 2. The number of benzene rings is 2. The zero-order valence-corrected chi connectivity index (χ0v) is 31.3. The van der Waals surface area contributed by atoms with Gasteiger partial charge in [-0.1, -0.05) is 6.07 Å². The number of aryl methyl sites for hydroxylation is 1. The summed E-state index contributed by atoms with van der Waals surface area (Å²) in [7, 11) is 0. The second-order valence-electron chi connectivity index (χ2n) is 14.8. The Labute approximate surface area is 318 Å². The van der Waals surface area contributed by atoms with E-state index in [-0.39, 0.29) is 35.1 Å². The first-order chi connectivity index (χ1) is 26.6. The fourth-order valence-corrected chi connectivity index (χ4v) is 8.08. The molecule has 15 heteroatoms. The molecular formula is C40H45F2N11O2. The third kappa shape index (κ3) is 7.71. The van der Waals surface area contributed by atoms with Crippen molar-refractivity contribution in [1.29, 1.82) is 0 Å². The maximum absolute atomic E-state index is 15.1. The number of imide groups is 1. The molecule has 0 atom stereocenters. The number of imidazole rings is 1. The van der Waals surface area contributed by atoms with E-state index >= 15 is 8.78 Å². The van der Waals surface area contributed by atoms with Crippen molar-refractivity contribution in [2.24, 2.45) is 0 Å². The van der Waals surface area contributed by atoms with Crippen molar-refractivity contribution in [1.82, 2.24) is 39.6 Å². The van der Waals surface area contributed by atoms with E-state index in [1.54, 1.807) is 11.0 Å². The average Bonchev–Trinajstić information content (AvgIpc) is 3.53. The summed E-state index contributed by atoms with van der Waals surface area (Å²) in [6.45, 7) is 13.0. The zero-order chi connectivity index (χ0) is 38.2. The topological polar surface area (TPSA) is 128 Å². The van der Waals surface area contributed by atoms with Crippen molar-refractivity contribution < 1.29 is 18.4 Å². The Morgan fingerprint density at radius 3 is 2.29 bits per heavy atom. The SMILES string of the molecule is Cc1nc2c(F)cc(-c3nc(Nc4ccc(CN5CCN(C6CCN(c7ccc(N8CCC(=O)NC8=O)cc7)CC6)CC5)cn4)ncc3F)cc2n1C(C)C. The smallest absolute Gasteiger partial charge is 0.328 e. The number of piperidine rings is 1. The van der Waals surface area contributed by atoms with E-state index in [4.69, 9.17) is 0 Å². The summed E-state index contributed by atoms with van der Waals surface area (Å²) in [5.74, 6) is -0.0444. The highest BCUT2D eigenvalue weighted by molar-refractivity contribution is 6.05. The Bertz CT molecular complexity index is 2190. The molecule has 3 fully saturated rings. The van der Waals surface area contributed by atoms with E-state index < -0.39 is 11.6 Å². The number of fused-ring (bicyclic) bond motifs is 1. The largest absolute Gasteiger partial charge is 0.371 e. The quantitative estimate of drug-likeness (QED) is 0.184. The summed E-state index contributed by atoms with van der Waals surface area (Å²) >= 11 is 0. The van der Waals surface area contributed by atoms with Crippen LogP contribution in [0.1, 0.15) is 50.5 Å². The molecule has 0 aliphatic carbocycles. The predicted molar refractivity (Wildman–Crippen MR) is 207 cm³/mol. The van der Waals surface area contributed by atoms with E-state index in [1.807, 2.05) is 55.8 Å². The van der Waals surface area contributed by atoms with Gasteiger partial charge < -0.3 is 14.8 Å². The van der Waals surface area contributed by atoms with E-state index in [9.17, 15) is 9.59 Å². The summed E-state index contributed by atoms with van der Waals surface area (Å²) in [6, 6.07) is 15.2. The van der Waals surface area contributed by atoms with Crippen molar-refractivity contribution in [2.75, 3.05) is 60.9 Å². The fraction of sp³-hybridized carbons (Fsp3) is 0.400. The molecule has 3 aliphatic rings. The third-order valence-corrected chi connectivity index (χ3v) is 10.9. The number of piperazine rings is 1. The molecule has 0 unspecified atom stereocenters. The van der Waals surface area contributed by atoms with E-state index in [1.165, 1.54) is 6.07 Å². The van der Waals surface area contributed by atoms with E-state index in [2.05, 4.69) is 57.4 Å². The maximum atomic E-state index is 15.1. The number of anilines is 4. The van der Waals surface area contributed by atoms with Crippen LogP contribution >= 0.6 is 0 Å². The Morgan fingerprint density at radius 1 is 0.855 bits per heavy atom. The standard InChI is InChI=1S/C40H45F2N11O2/c1-25(2)53-26(3)45-38-32(41)20-28(21-34(38)53)37-33(42)23-44-39(48-37)46-35-9-4-27(22-43-35)24-49-16-18-51(19-17-49)30-10-13-50(14-11-30)29-5-7-31(8-6-29)52-15-12-36(54)47-40(52)55/h4-9,20-23,25,30H,10-19,24H2,1-3H3,(H,47,54,55)(H,43,44,46,48). The molecule has 0 bridgehead atoms. The zero-order valence-electron chi connectivity index (χ0n) is 31.3. The number of halogens is 2. The monoisotopic (exact) mass is 749 g/mol. The molecule has 55 heavy (non-hydrogen) atoms. The summed E-state index contributed by atoms with van der Waals surface area (Å²) < 4.78 is 32.1. The number of pyridine rings is 1. The Balaban J connectivity index is 0.819. The molecule has 13 nitrogen and oxygen atoms in total. The summed E-state index contributed by atoms with van der Waals surface area (Å²) in [5.41, 5.74) is 4.18. The second-order valence-corrected chi connectivity index (χ2v) is 14.8. The highest BCUT2D eigenvalue weighted by Gasteiger charge is 2.29. The molecule has 3 amide bonds. The van der Waals surface area contributed by atoms with Crippen LogP contribution in [0.4, 0.5) is 36.7 Å². The van der Waals surface area contributed by atoms with Gasteiger partial charge in [0.05, 0.1) is 11.7 Å². The van der Waals surface area contributed by atoms with Crippen LogP contribution in [-0.4, -0.2) is 98.1 Å². The molecule has 3 saturated heterocycles. The molecule has 2 aromatic carbocycles. The summed E-state index contributed by atoms with van der Waals surface area (Å²) in [6.07, 6.45) is 5.44. The van der Waals surface area contributed by atoms with Gasteiger partial charge in [-0.05, 0) is 81.6 Å². The second kappa shape index (κ2) is 15.3. The van der Waals surface area contributed by atoms with Gasteiger partial charge in [0.25, 0.3) is 0 Å². The van der Waals surface area contributed by atoms with Gasteiger partial charge in [-0.3, -0.25) is 24.8 Å². The van der Waals surface area contributed by atoms with Gasteiger partial charge in [0.15, 0.2) is 11.6 Å². The number of rotatable bonds is 9. The van der Waals surface area contributed by atoms with Gasteiger partial charge in [0.2, 0.25) is 11.9 Å². The molecule has 3 aromatic heterocycles. The molecule has 0 spiro atoms. The van der Waals surface area contributed by atoms with Crippen LogP contribution in [0.25, 0.3) is 22.3 Å². The highest BCUT2D eigenvalue weighted by Crippen LogP contribution is 2.31. The molecule has 6 heterocycles. The molecular weight excluding hydrogens is 705 g/mol. The van der Waals surface area contributed by atoms with Gasteiger partial charge in [0.1, 0.15) is 22.9 Å². The lowest BCUT2D eigenvalue weighted by Gasteiger charge is -2.43. The first kappa shape index (κ1) is 36.4. The molecule has 5 aromatic rings. The lowest BCUT2D eigenvalue weighted by molar-refractivity contribution is -0.120. The number of hydrogen-bond acceptors (Lipinski definition) is 10. The van der Waals surface area contributed by atoms with Crippen molar-refractivity contribution in [2.45, 2.75) is 58.7 Å². The molecule has 286 valence electrons. The Hall–Kier alpha value is -5.54. The first-order valence-corrected chi connectivity index (χ1v) is 19.0. The summed E-state index contributed by atoms with van der Waals surface area (Å²) in [4.78, 5) is 50.3. The minimum atomic E-state index is -0.653. The van der Waals surface area contributed by atoms with Crippen molar-refractivity contribution in [3.05, 3.63) is 83.9 Å². The molecule has 3 aliphatic heterocycles. The van der Waals surface area contributed by atoms with Crippen molar-refractivity contribution >= 4 is 46.1 Å². The van der Waals surface area contributed by atoms with Crippen LogP contribution in [0, 0.1) is 18.6 Å². The Morgan fingerprint density at radius 2 is 1.60 bits per heavy atom. The van der Waals surface area contributed by atoms with Crippen LogP contribution in [0.15, 0.2) is 60.9 Å². The van der Waals surface area contributed by atoms with Gasteiger partial charge in [-0.2, -0.15) is 0 Å². The Kier molecular flexibility index (Phi) is 10.1. The minimum Gasteiger partial charge on any atom is -0.371 e. The number of hydrogen-bond donors (Lipinski definition) is 2.